The van der Waals surface area contributed by atoms with E-state index in [1.807, 2.05) is 20.8 Å². The molecule has 12 atom stereocenters. The Labute approximate surface area is 485 Å². The fourth-order valence-corrected chi connectivity index (χ4v) is 8.49. The van der Waals surface area contributed by atoms with Crippen molar-refractivity contribution in [1.29, 1.82) is 0 Å². The number of carboxylic acid groups (broad SMARTS) is 3. The fraction of sp³-hybridized carbons (Fsp3) is 0.755. The van der Waals surface area contributed by atoms with Crippen molar-refractivity contribution in [1.82, 2.24) is 47.9 Å². The van der Waals surface area contributed by atoms with Crippen LogP contribution in [0.25, 0.3) is 0 Å². The van der Waals surface area contributed by atoms with Gasteiger partial charge in [-0.25, -0.2) is 4.79 Å². The number of carbonyl (C=O) groups excluding carboxylic acids is 9. The summed E-state index contributed by atoms with van der Waals surface area (Å²) in [4.78, 5) is 164. The molecule has 0 fully saturated rings. The molecular weight excluding hydrogens is 1090 g/mol. The van der Waals surface area contributed by atoms with Gasteiger partial charge in [-0.2, -0.15) is 11.8 Å². The smallest absolute Gasteiger partial charge is 0.326 e. The molecule has 0 aliphatic rings. The highest BCUT2D eigenvalue weighted by molar-refractivity contribution is 7.98. The van der Waals surface area contributed by atoms with Crippen molar-refractivity contribution < 1.29 is 72.9 Å². The largest absolute Gasteiger partial charge is 0.481 e. The van der Waals surface area contributed by atoms with Crippen molar-refractivity contribution in [2.24, 2.45) is 51.8 Å². The summed E-state index contributed by atoms with van der Waals surface area (Å²) in [6, 6.07) is -13.3. The van der Waals surface area contributed by atoms with Crippen LogP contribution in [0.1, 0.15) is 147 Å². The summed E-state index contributed by atoms with van der Waals surface area (Å²) in [5.74, 6) is -13.2. The van der Waals surface area contributed by atoms with Crippen molar-refractivity contribution in [3.63, 3.8) is 0 Å². The molecule has 0 heterocycles. The molecule has 29 heteroatoms. The third-order valence-corrected chi connectivity index (χ3v) is 14.0. The third kappa shape index (κ3) is 29.3. The summed E-state index contributed by atoms with van der Waals surface area (Å²) in [6.45, 7) is 18.6. The highest BCUT2D eigenvalue weighted by Gasteiger charge is 2.37. The SMILES string of the molecule is CC[C@H](C)[C@H](N)C(=O)N[C@H](C(=O)N[C@@H](CCSC)C(=O)N[C@@H](CC(C)C)C(=O)N[C@@H](CCC(=O)O)C(=O)N[C@@H](C)C(=O)N[C@@H](CC(C)C)C(=O)N[C@@H](CCC(=O)O)C(=O)N[C@@H](CCCN=C(N)N)C(=O)N[C@H](C(=O)O)C(C)C)[C@@H](C)CC. The first-order chi connectivity index (χ1) is 38.2. The van der Waals surface area contributed by atoms with Crippen LogP contribution in [0.15, 0.2) is 4.99 Å². The maximum atomic E-state index is 14.1. The first-order valence-electron chi connectivity index (χ1n) is 27.9. The first-order valence-corrected chi connectivity index (χ1v) is 29.3. The zero-order chi connectivity index (χ0) is 63.1. The summed E-state index contributed by atoms with van der Waals surface area (Å²) < 4.78 is 0. The Kier molecular flexibility index (Phi) is 35.6. The first kappa shape index (κ1) is 75.2. The van der Waals surface area contributed by atoms with Gasteiger partial charge in [0, 0.05) is 19.4 Å². The van der Waals surface area contributed by atoms with Crippen molar-refractivity contribution in [2.45, 2.75) is 207 Å². The van der Waals surface area contributed by atoms with E-state index in [4.69, 9.17) is 17.2 Å². The van der Waals surface area contributed by atoms with Gasteiger partial charge in [0.05, 0.1) is 6.04 Å². The molecule has 9 amide bonds. The van der Waals surface area contributed by atoms with Crippen molar-refractivity contribution in [3.8, 4) is 0 Å². The Morgan fingerprint density at radius 3 is 1.24 bits per heavy atom. The van der Waals surface area contributed by atoms with E-state index in [2.05, 4.69) is 52.8 Å². The number of nitrogens with one attached hydrogen (secondary N) is 9. The summed E-state index contributed by atoms with van der Waals surface area (Å²) in [7, 11) is 0. The number of aliphatic carboxylic acids is 3. The van der Waals surface area contributed by atoms with Gasteiger partial charge in [0.1, 0.15) is 54.4 Å². The number of rotatable bonds is 41. The van der Waals surface area contributed by atoms with Crippen molar-refractivity contribution in [3.05, 3.63) is 0 Å². The molecule has 0 saturated carbocycles. The second-order valence-electron chi connectivity index (χ2n) is 21.8. The molecule has 0 rings (SSSR count). The number of nitrogens with two attached hydrogens (primary N) is 3. The molecule has 0 aromatic rings. The van der Waals surface area contributed by atoms with Crippen LogP contribution >= 0.6 is 11.8 Å². The van der Waals surface area contributed by atoms with Gasteiger partial charge in [-0.15, -0.1) is 0 Å². The predicted molar refractivity (Wildman–Crippen MR) is 308 cm³/mol. The fourth-order valence-electron chi connectivity index (χ4n) is 8.01. The molecule has 0 aromatic carbocycles. The molecule has 0 aliphatic carbocycles. The Morgan fingerprint density at radius 1 is 0.463 bits per heavy atom. The van der Waals surface area contributed by atoms with E-state index in [0.717, 1.165) is 0 Å². The molecule has 0 radical (unpaired) electrons. The molecular formula is C53H95N13O15S. The molecule has 82 heavy (non-hydrogen) atoms. The Hall–Kier alpha value is -6.78. The van der Waals surface area contributed by atoms with Gasteiger partial charge in [-0.1, -0.05) is 82.1 Å². The standard InChI is InChI=1S/C53H95N13O15S/c1-13-29(9)40(54)50(78)66-42(30(10)14-2)51(79)62-35(21-23-82-12)46(74)64-37(25-27(5)6)49(77)60-33(17-19-38(67)68)44(72)58-31(11)43(71)63-36(24-26(3)4)48(76)61-34(18-20-39(69)70)45(73)59-32(16-15-22-57-53(55)56)47(75)65-41(28(7)8)52(80)81/h26-37,40-42H,13-25,54H2,1-12H3,(H,58,72)(H,59,73)(H,60,77)(H,61,76)(H,62,79)(H,63,71)(H,64,74)(H,65,75)(H,66,78)(H,67,68)(H,69,70)(H,80,81)(H4,55,56,57)/t29-,30-,31-,32-,33-,34-,35-,36-,37-,40-,41-,42-/m0/s1. The summed E-state index contributed by atoms with van der Waals surface area (Å²) >= 11 is 1.39. The molecule has 0 unspecified atom stereocenters. The number of hydrogen-bond donors (Lipinski definition) is 15. The molecule has 0 bridgehead atoms. The predicted octanol–water partition coefficient (Wildman–Crippen LogP) is -0.842. The maximum absolute atomic E-state index is 14.1. The van der Waals surface area contributed by atoms with E-state index >= 15 is 0 Å². The van der Waals surface area contributed by atoms with Crippen LogP contribution in [0.2, 0.25) is 0 Å². The maximum Gasteiger partial charge on any atom is 0.326 e. The minimum Gasteiger partial charge on any atom is -0.481 e. The molecule has 0 spiro atoms. The Balaban J connectivity index is 6.70. The van der Waals surface area contributed by atoms with Gasteiger partial charge in [0.25, 0.3) is 0 Å². The average molecular weight is 1190 g/mol. The lowest BCUT2D eigenvalue weighted by Crippen LogP contribution is -2.61. The van der Waals surface area contributed by atoms with E-state index in [-0.39, 0.29) is 68.3 Å². The number of guanidine groups is 1. The van der Waals surface area contributed by atoms with E-state index in [1.54, 1.807) is 54.7 Å². The lowest BCUT2D eigenvalue weighted by molar-refractivity contribution is -0.143. The molecule has 28 nitrogen and oxygen atoms in total. The second-order valence-corrected chi connectivity index (χ2v) is 22.8. The normalized spacial score (nSPS) is 15.7. The number of aliphatic imine (C=N–C) groups is 1. The number of thioether (sulfide) groups is 1. The van der Waals surface area contributed by atoms with Gasteiger partial charge in [0.15, 0.2) is 5.96 Å². The van der Waals surface area contributed by atoms with E-state index in [1.165, 1.54) is 18.7 Å². The number of hydrogen-bond acceptors (Lipinski definition) is 15. The lowest BCUT2D eigenvalue weighted by atomic mass is 9.95. The number of nitrogens with zero attached hydrogens (tertiary/aromatic N) is 1. The zero-order valence-electron chi connectivity index (χ0n) is 49.7. The number of amides is 9. The minimum atomic E-state index is -1.62. The van der Waals surface area contributed by atoms with Gasteiger partial charge < -0.3 is 80.4 Å². The summed E-state index contributed by atoms with van der Waals surface area (Å²) in [5.41, 5.74) is 17.0. The van der Waals surface area contributed by atoms with E-state index in [0.29, 0.717) is 18.6 Å². The van der Waals surface area contributed by atoms with Gasteiger partial charge in [-0.3, -0.25) is 57.7 Å². The number of carbonyl (C=O) groups is 12. The quantitative estimate of drug-likeness (QED) is 0.0202. The van der Waals surface area contributed by atoms with Crippen LogP contribution in [0.3, 0.4) is 0 Å². The highest BCUT2D eigenvalue weighted by atomic mass is 32.2. The number of carboxylic acids is 3. The third-order valence-electron chi connectivity index (χ3n) is 13.4. The van der Waals surface area contributed by atoms with E-state index in [9.17, 15) is 72.9 Å². The lowest BCUT2D eigenvalue weighted by Gasteiger charge is -2.29. The van der Waals surface area contributed by atoms with Gasteiger partial charge in [-0.05, 0) is 93.5 Å². The highest BCUT2D eigenvalue weighted by Crippen LogP contribution is 2.15. The van der Waals surface area contributed by atoms with Crippen LogP contribution in [0, 0.1) is 29.6 Å². The molecule has 0 saturated heterocycles. The summed E-state index contributed by atoms with van der Waals surface area (Å²) in [5, 5.41) is 51.8. The van der Waals surface area contributed by atoms with Crippen LogP contribution < -0.4 is 65.1 Å². The van der Waals surface area contributed by atoms with Crippen molar-refractivity contribution in [2.75, 3.05) is 18.6 Å². The van der Waals surface area contributed by atoms with E-state index < -0.39 is 163 Å². The van der Waals surface area contributed by atoms with Crippen molar-refractivity contribution >= 4 is 88.8 Å². The van der Waals surface area contributed by atoms with Crippen LogP contribution in [-0.4, -0.2) is 171 Å². The molecule has 0 aliphatic heterocycles. The monoisotopic (exact) mass is 1190 g/mol. The van der Waals surface area contributed by atoms with Crippen LogP contribution in [0.4, 0.5) is 0 Å². The van der Waals surface area contributed by atoms with Gasteiger partial charge in [0.2, 0.25) is 53.2 Å². The average Bonchev–Trinajstić information content (AvgIpc) is 3.38. The van der Waals surface area contributed by atoms with Crippen LogP contribution in [0.5, 0.6) is 0 Å². The van der Waals surface area contributed by atoms with Crippen LogP contribution in [-0.2, 0) is 57.5 Å². The molecule has 0 aromatic heterocycles. The minimum absolute atomic E-state index is 0.0158. The Morgan fingerprint density at radius 2 is 0.841 bits per heavy atom. The molecule has 468 valence electrons. The Bertz CT molecular complexity index is 2180. The summed E-state index contributed by atoms with van der Waals surface area (Å²) in [6.07, 6.45) is 0.725. The second kappa shape index (κ2) is 38.8. The van der Waals surface area contributed by atoms with Gasteiger partial charge >= 0.3 is 17.9 Å². The topological polar surface area (TPSA) is 464 Å². The zero-order valence-corrected chi connectivity index (χ0v) is 50.5. The molecule has 18 N–H and O–H groups in total.